The van der Waals surface area contributed by atoms with E-state index in [-0.39, 0.29) is 74.2 Å². The molecule has 7 rings (SSSR count). The van der Waals surface area contributed by atoms with E-state index in [1.54, 1.807) is 52.8 Å². The van der Waals surface area contributed by atoms with Gasteiger partial charge in [0.25, 0.3) is 0 Å². The van der Waals surface area contributed by atoms with Gasteiger partial charge >= 0.3 is 24.0 Å². The Kier molecular flexibility index (Phi) is 12.9. The SMILES string of the molecule is COc1ccc2c(c1)C(CC(=O)OCCCC(=O)OCOC(=O)N1CCN(c3c(F)cc4c(=O)c(C(=O)O)cn(C5CC5)c4c3OC)CC1C)=C(C)C2C(=O)c1ccc(Cl)cc1. The Morgan fingerprint density at radius 3 is 2.34 bits per heavy atom. The van der Waals surface area contributed by atoms with E-state index in [0.29, 0.717) is 27.4 Å². The Morgan fingerprint density at radius 2 is 1.68 bits per heavy atom. The highest BCUT2D eigenvalue weighted by molar-refractivity contribution is 6.30. The lowest BCUT2D eigenvalue weighted by atomic mass is 9.88. The lowest BCUT2D eigenvalue weighted by molar-refractivity contribution is -0.154. The summed E-state index contributed by atoms with van der Waals surface area (Å²) in [6.07, 6.45) is 1.98. The molecule has 2 unspecified atom stereocenters. The normalized spacial score (nSPS) is 17.1. The van der Waals surface area contributed by atoms with Crippen LogP contribution in [-0.2, 0) is 23.8 Å². The first kappa shape index (κ1) is 43.7. The second kappa shape index (κ2) is 18.3. The number of ether oxygens (including phenoxy) is 5. The Hall–Kier alpha value is -6.42. The molecule has 1 amide bonds. The number of aromatic carboxylic acids is 1. The Labute approximate surface area is 360 Å². The van der Waals surface area contributed by atoms with Gasteiger partial charge in [-0.2, -0.15) is 0 Å². The summed E-state index contributed by atoms with van der Waals surface area (Å²) >= 11 is 6.04. The topological polar surface area (TPSA) is 180 Å². The first-order valence-electron chi connectivity index (χ1n) is 20.1. The molecular formula is C45H45ClFN3O12. The number of carboxylic acids is 1. The number of hydrogen-bond acceptors (Lipinski definition) is 12. The number of rotatable bonds is 15. The molecule has 326 valence electrons. The number of esters is 2. The van der Waals surface area contributed by atoms with E-state index < -0.39 is 59.6 Å². The molecule has 2 fully saturated rings. The van der Waals surface area contributed by atoms with E-state index in [2.05, 4.69) is 0 Å². The Balaban J connectivity index is 0.886. The van der Waals surface area contributed by atoms with Gasteiger partial charge in [0.05, 0.1) is 44.1 Å². The zero-order chi connectivity index (χ0) is 44.4. The van der Waals surface area contributed by atoms with Gasteiger partial charge in [0.15, 0.2) is 17.3 Å². The molecule has 15 nitrogen and oxygen atoms in total. The molecule has 1 saturated heterocycles. The van der Waals surface area contributed by atoms with E-state index in [1.165, 1.54) is 25.3 Å². The molecule has 2 heterocycles. The molecule has 17 heteroatoms. The van der Waals surface area contributed by atoms with E-state index in [0.717, 1.165) is 35.6 Å². The van der Waals surface area contributed by atoms with E-state index >= 15 is 4.39 Å². The molecule has 2 atom stereocenters. The zero-order valence-corrected chi connectivity index (χ0v) is 35.3. The second-order valence-corrected chi connectivity index (χ2v) is 15.8. The highest BCUT2D eigenvalue weighted by atomic mass is 35.5. The monoisotopic (exact) mass is 873 g/mol. The zero-order valence-electron chi connectivity index (χ0n) is 34.5. The van der Waals surface area contributed by atoms with Crippen LogP contribution in [0.5, 0.6) is 11.5 Å². The van der Waals surface area contributed by atoms with E-state index in [1.807, 2.05) is 13.0 Å². The fourth-order valence-electron chi connectivity index (χ4n) is 8.20. The molecule has 62 heavy (non-hydrogen) atoms. The van der Waals surface area contributed by atoms with E-state index in [4.69, 9.17) is 35.3 Å². The minimum Gasteiger partial charge on any atom is -0.497 e. The van der Waals surface area contributed by atoms with E-state index in [9.17, 15) is 33.9 Å². The van der Waals surface area contributed by atoms with Crippen LogP contribution in [0.25, 0.3) is 16.5 Å². The maximum absolute atomic E-state index is 15.8. The van der Waals surface area contributed by atoms with Crippen LogP contribution in [0.3, 0.4) is 0 Å². The largest absolute Gasteiger partial charge is 0.497 e. The Bertz CT molecular complexity index is 2550. The molecule has 1 saturated carbocycles. The summed E-state index contributed by atoms with van der Waals surface area (Å²) in [6, 6.07) is 12.5. The number of anilines is 1. The standard InChI is InChI=1S/C45H45ClFN3O12/c1-24-21-48(40-35(47)19-33-39(43(40)59-4)50(28-11-12-28)22-34(42(33)54)44(55)56)15-16-49(24)45(57)62-23-61-36(51)6-5-17-60-37(52)20-31-25(2)38(30-14-13-29(58-3)18-32(30)31)41(53)26-7-9-27(46)10-8-26/h7-10,13-14,18-19,22,24,28,38H,5-6,11-12,15-17,20-21,23H2,1-4H3,(H,55,56). The number of nitrogens with zero attached hydrogens (tertiary/aromatic N) is 3. The summed E-state index contributed by atoms with van der Waals surface area (Å²) in [7, 11) is 2.89. The highest BCUT2D eigenvalue weighted by Gasteiger charge is 2.37. The summed E-state index contributed by atoms with van der Waals surface area (Å²) in [5.41, 5.74) is 2.47. The summed E-state index contributed by atoms with van der Waals surface area (Å²) in [5.74, 6) is -3.46. The minimum absolute atomic E-state index is 0.0596. The molecule has 0 radical (unpaired) electrons. The van der Waals surface area contributed by atoms with Crippen LogP contribution in [0.15, 0.2) is 65.1 Å². The van der Waals surface area contributed by atoms with Gasteiger partial charge in [-0.05, 0) is 92.3 Å². The lowest BCUT2D eigenvalue weighted by Crippen LogP contribution is -2.54. The van der Waals surface area contributed by atoms with Crippen molar-refractivity contribution >= 4 is 63.5 Å². The number of Topliss-reactive ketones (excluding diaryl/α,β-unsaturated/α-hetero) is 1. The molecule has 0 spiro atoms. The average Bonchev–Trinajstić information content (AvgIpc) is 4.06. The quantitative estimate of drug-likeness (QED) is 0.0551. The van der Waals surface area contributed by atoms with Crippen molar-refractivity contribution in [1.82, 2.24) is 9.47 Å². The van der Waals surface area contributed by atoms with Crippen molar-refractivity contribution in [3.63, 3.8) is 0 Å². The van der Waals surface area contributed by atoms with Gasteiger partial charge < -0.3 is 43.2 Å². The van der Waals surface area contributed by atoms with Crippen molar-refractivity contribution in [2.75, 3.05) is 52.2 Å². The molecule has 1 N–H and O–H groups in total. The van der Waals surface area contributed by atoms with Gasteiger partial charge in [0.1, 0.15) is 17.0 Å². The summed E-state index contributed by atoms with van der Waals surface area (Å²) in [6.45, 7) is 3.26. The number of allylic oxidation sites excluding steroid dienone is 1. The third-order valence-electron chi connectivity index (χ3n) is 11.5. The lowest BCUT2D eigenvalue weighted by Gasteiger charge is -2.40. The number of pyridine rings is 1. The first-order chi connectivity index (χ1) is 29.7. The molecule has 0 bridgehead atoms. The van der Waals surface area contributed by atoms with Crippen molar-refractivity contribution in [2.24, 2.45) is 0 Å². The molecule has 3 aliphatic rings. The number of amides is 1. The van der Waals surface area contributed by atoms with Crippen molar-refractivity contribution in [3.8, 4) is 11.5 Å². The molecular weight excluding hydrogens is 829 g/mol. The maximum Gasteiger partial charge on any atom is 0.413 e. The molecule has 1 aromatic heterocycles. The summed E-state index contributed by atoms with van der Waals surface area (Å²) < 4.78 is 44.4. The number of carboxylic acid groups (broad SMARTS) is 1. The number of hydrogen-bond donors (Lipinski definition) is 1. The number of carbonyl (C=O) groups is 5. The van der Waals surface area contributed by atoms with Gasteiger partial charge in [0, 0.05) is 54.9 Å². The minimum atomic E-state index is -1.40. The fourth-order valence-corrected chi connectivity index (χ4v) is 8.33. The van der Waals surface area contributed by atoms with Crippen molar-refractivity contribution in [2.45, 2.75) is 64.0 Å². The van der Waals surface area contributed by atoms with Crippen molar-refractivity contribution in [1.29, 1.82) is 0 Å². The van der Waals surface area contributed by atoms with Crippen LogP contribution < -0.4 is 19.8 Å². The molecule has 3 aromatic carbocycles. The fraction of sp³-hybridized carbons (Fsp3) is 0.378. The third-order valence-corrected chi connectivity index (χ3v) is 11.7. The number of benzene rings is 3. The number of fused-ring (bicyclic) bond motifs is 2. The number of aromatic nitrogens is 1. The molecule has 1 aliphatic heterocycles. The highest BCUT2D eigenvalue weighted by Crippen LogP contribution is 2.47. The molecule has 4 aromatic rings. The smallest absolute Gasteiger partial charge is 0.413 e. The van der Waals surface area contributed by atoms with Crippen LogP contribution in [0.2, 0.25) is 5.02 Å². The van der Waals surface area contributed by atoms with Gasteiger partial charge in [-0.1, -0.05) is 23.2 Å². The first-order valence-corrected chi connectivity index (χ1v) is 20.5. The maximum atomic E-state index is 15.8. The second-order valence-electron chi connectivity index (χ2n) is 15.4. The van der Waals surface area contributed by atoms with Gasteiger partial charge in [-0.3, -0.25) is 19.2 Å². The van der Waals surface area contributed by atoms with Gasteiger partial charge in [-0.25, -0.2) is 14.0 Å². The van der Waals surface area contributed by atoms with Crippen LogP contribution in [0, 0.1) is 5.82 Å². The van der Waals surface area contributed by atoms with Crippen LogP contribution >= 0.6 is 11.6 Å². The predicted octanol–water partition coefficient (Wildman–Crippen LogP) is 7.16. The van der Waals surface area contributed by atoms with Crippen LogP contribution in [-0.4, -0.2) is 97.7 Å². The molecule has 2 aliphatic carbocycles. The van der Waals surface area contributed by atoms with Crippen LogP contribution in [0.4, 0.5) is 14.9 Å². The number of ketones is 1. The van der Waals surface area contributed by atoms with Crippen LogP contribution in [0.1, 0.15) is 89.8 Å². The number of carbonyl (C=O) groups excluding carboxylic acids is 4. The third kappa shape index (κ3) is 8.82. The van der Waals surface area contributed by atoms with Crippen molar-refractivity contribution in [3.05, 3.63) is 104 Å². The number of methoxy groups -OCH3 is 2. The number of piperazine rings is 1. The van der Waals surface area contributed by atoms with Crippen molar-refractivity contribution < 1.29 is 57.2 Å². The average molecular weight is 874 g/mol. The summed E-state index contributed by atoms with van der Waals surface area (Å²) in [5, 5.41) is 10.0. The number of halogens is 2. The summed E-state index contributed by atoms with van der Waals surface area (Å²) in [4.78, 5) is 80.2. The predicted molar refractivity (Wildman–Crippen MR) is 225 cm³/mol. The van der Waals surface area contributed by atoms with Gasteiger partial charge in [-0.15, -0.1) is 0 Å². The Morgan fingerprint density at radius 1 is 0.935 bits per heavy atom. The van der Waals surface area contributed by atoms with Gasteiger partial charge in [0.2, 0.25) is 12.2 Å².